The quantitative estimate of drug-likeness (QED) is 0.509. The van der Waals surface area contributed by atoms with Crippen LogP contribution in [0.3, 0.4) is 0 Å². The van der Waals surface area contributed by atoms with E-state index in [4.69, 9.17) is 0 Å². The molecule has 5 heterocycles. The SMILES string of the molecule is C1=CC2=NC1=CC1=NC(=NC3=NC(=CC4=NC(=C2)C=C4)C=N3)NN1.[Pt]. The first-order valence-corrected chi connectivity index (χ1v) is 7.31. The number of nitrogens with zero attached hydrogens (tertiary/aromatic N) is 6. The van der Waals surface area contributed by atoms with Crippen molar-refractivity contribution in [2.75, 3.05) is 0 Å². The third-order valence-corrected chi connectivity index (χ3v) is 3.52. The van der Waals surface area contributed by atoms with E-state index in [1.165, 1.54) is 0 Å². The number of hydrogen-bond donors (Lipinski definition) is 2. The number of nitrogens with one attached hydrogen (secondary N) is 2. The number of fused-ring (bicyclic) bond motifs is 4. The molecule has 124 valence electrons. The minimum atomic E-state index is 0. The molecule has 2 N–H and O–H groups in total. The van der Waals surface area contributed by atoms with Crippen molar-refractivity contribution in [3.05, 3.63) is 59.6 Å². The first-order chi connectivity index (χ1) is 11.8. The molecule has 5 aliphatic heterocycles. The van der Waals surface area contributed by atoms with Crippen molar-refractivity contribution >= 4 is 35.4 Å². The Morgan fingerprint density at radius 2 is 1.36 bits per heavy atom. The molecule has 25 heavy (non-hydrogen) atoms. The fourth-order valence-electron chi connectivity index (χ4n) is 2.48. The largest absolute Gasteiger partial charge is 0.282 e. The van der Waals surface area contributed by atoms with Crippen molar-refractivity contribution in [2.45, 2.75) is 0 Å². The van der Waals surface area contributed by atoms with Crippen LogP contribution in [0.2, 0.25) is 0 Å². The van der Waals surface area contributed by atoms with E-state index in [1.54, 1.807) is 6.21 Å². The van der Waals surface area contributed by atoms with Crippen molar-refractivity contribution in [3.63, 3.8) is 0 Å². The summed E-state index contributed by atoms with van der Waals surface area (Å²) in [6.45, 7) is 0. The summed E-state index contributed by atoms with van der Waals surface area (Å²) in [6, 6.07) is 0. The Bertz CT molecular complexity index is 995. The zero-order valence-electron chi connectivity index (χ0n) is 12.6. The Morgan fingerprint density at radius 3 is 2.16 bits per heavy atom. The number of hydrogen-bond acceptors (Lipinski definition) is 8. The Hall–Kier alpha value is -2.99. The van der Waals surface area contributed by atoms with Gasteiger partial charge in [-0.1, -0.05) is 0 Å². The predicted octanol–water partition coefficient (Wildman–Crippen LogP) is 0.973. The molecule has 0 amide bonds. The summed E-state index contributed by atoms with van der Waals surface area (Å²) in [6.07, 6.45) is 15.0. The summed E-state index contributed by atoms with van der Waals surface area (Å²) >= 11 is 0. The van der Waals surface area contributed by atoms with E-state index in [0.717, 1.165) is 22.8 Å². The van der Waals surface area contributed by atoms with Gasteiger partial charge in [0.2, 0.25) is 5.96 Å². The molecule has 0 unspecified atom stereocenters. The average Bonchev–Trinajstić information content (AvgIpc) is 3.32. The van der Waals surface area contributed by atoms with Gasteiger partial charge in [0.15, 0.2) is 5.84 Å². The van der Waals surface area contributed by atoms with Crippen LogP contribution in [-0.2, 0) is 21.1 Å². The fraction of sp³-hybridized carbons (Fsp3) is 0. The van der Waals surface area contributed by atoms with Crippen molar-refractivity contribution in [2.24, 2.45) is 30.0 Å². The van der Waals surface area contributed by atoms with Gasteiger partial charge in [0.05, 0.1) is 34.7 Å². The zero-order valence-corrected chi connectivity index (χ0v) is 14.9. The molecule has 0 atom stereocenters. The second kappa shape index (κ2) is 6.14. The van der Waals surface area contributed by atoms with Crippen molar-refractivity contribution in [3.8, 4) is 0 Å². The maximum absolute atomic E-state index is 4.53. The molecule has 5 rings (SSSR count). The third-order valence-electron chi connectivity index (χ3n) is 3.52. The molecule has 0 saturated heterocycles. The normalized spacial score (nSPS) is 21.8. The second-order valence-corrected chi connectivity index (χ2v) is 5.30. The van der Waals surface area contributed by atoms with Crippen LogP contribution in [0, 0.1) is 0 Å². The van der Waals surface area contributed by atoms with E-state index in [9.17, 15) is 0 Å². The summed E-state index contributed by atoms with van der Waals surface area (Å²) in [5.74, 6) is 1.37. The summed E-state index contributed by atoms with van der Waals surface area (Å²) in [5.41, 5.74) is 9.81. The smallest absolute Gasteiger partial charge is 0.253 e. The van der Waals surface area contributed by atoms with Crippen LogP contribution in [0.25, 0.3) is 0 Å². The Balaban J connectivity index is 0.00000157. The van der Waals surface area contributed by atoms with Crippen LogP contribution >= 0.6 is 0 Å². The van der Waals surface area contributed by atoms with Gasteiger partial charge in [-0.15, -0.1) is 0 Å². The maximum atomic E-state index is 4.53. The number of guanidine groups is 2. The summed E-state index contributed by atoms with van der Waals surface area (Å²) in [5, 5.41) is 0. The summed E-state index contributed by atoms with van der Waals surface area (Å²) in [7, 11) is 0. The van der Waals surface area contributed by atoms with Crippen molar-refractivity contribution in [1.82, 2.24) is 10.9 Å². The topological polar surface area (TPSA) is 98.2 Å². The zero-order chi connectivity index (χ0) is 15.9. The number of amidine groups is 1. The van der Waals surface area contributed by atoms with E-state index in [1.807, 2.05) is 42.5 Å². The molecule has 0 spiro atoms. The molecule has 9 heteroatoms. The Labute approximate surface area is 157 Å². The van der Waals surface area contributed by atoms with Crippen LogP contribution in [0.1, 0.15) is 0 Å². The molecule has 0 aromatic heterocycles. The van der Waals surface area contributed by atoms with E-state index >= 15 is 0 Å². The van der Waals surface area contributed by atoms with Crippen LogP contribution in [0.4, 0.5) is 0 Å². The minimum Gasteiger partial charge on any atom is -0.282 e. The molecular formula is C16H10N8Pt. The standard InChI is InChI=1S/C16H10N8.Pt/c1-2-11-6-13-8-17-15(20-13)22-16-21-14(23-24-16)7-12-4-3-10(19-12)5-9(1)18-11;/h1-8H,(H2,17,20,21,22,23,24);. The average molecular weight is 509 g/mol. The van der Waals surface area contributed by atoms with E-state index in [2.05, 4.69) is 40.8 Å². The summed E-state index contributed by atoms with van der Waals surface area (Å²) in [4.78, 5) is 26.2. The van der Waals surface area contributed by atoms with Gasteiger partial charge in [0, 0.05) is 27.1 Å². The van der Waals surface area contributed by atoms with Gasteiger partial charge >= 0.3 is 0 Å². The van der Waals surface area contributed by atoms with Gasteiger partial charge in [0.1, 0.15) is 0 Å². The van der Waals surface area contributed by atoms with Crippen LogP contribution in [0.15, 0.2) is 89.6 Å². The van der Waals surface area contributed by atoms with Gasteiger partial charge < -0.3 is 0 Å². The fourth-order valence-corrected chi connectivity index (χ4v) is 2.48. The van der Waals surface area contributed by atoms with Crippen molar-refractivity contribution < 1.29 is 21.1 Å². The molecule has 0 aromatic carbocycles. The number of hydrazine groups is 1. The first kappa shape index (κ1) is 15.5. The van der Waals surface area contributed by atoms with Gasteiger partial charge in [-0.2, -0.15) is 9.98 Å². The monoisotopic (exact) mass is 509 g/mol. The predicted molar refractivity (Wildman–Crippen MR) is 94.5 cm³/mol. The van der Waals surface area contributed by atoms with E-state index < -0.39 is 0 Å². The molecule has 0 fully saturated rings. The Morgan fingerprint density at radius 1 is 0.640 bits per heavy atom. The van der Waals surface area contributed by atoms with Crippen molar-refractivity contribution in [1.29, 1.82) is 0 Å². The number of aliphatic imine (C=N–C) groups is 6. The maximum Gasteiger partial charge on any atom is 0.253 e. The molecule has 0 saturated carbocycles. The van der Waals surface area contributed by atoms with Crippen LogP contribution in [-0.4, -0.2) is 35.4 Å². The van der Waals surface area contributed by atoms with Gasteiger partial charge in [-0.05, 0) is 36.5 Å². The minimum absolute atomic E-state index is 0. The van der Waals surface area contributed by atoms with Gasteiger partial charge in [0.25, 0.3) is 5.96 Å². The molecule has 0 aromatic rings. The van der Waals surface area contributed by atoms with Crippen LogP contribution < -0.4 is 10.9 Å². The number of allylic oxidation sites excluding steroid dienone is 7. The molecule has 8 bridgehead atoms. The number of rotatable bonds is 0. The first-order valence-electron chi connectivity index (χ1n) is 7.31. The summed E-state index contributed by atoms with van der Waals surface area (Å²) < 4.78 is 0. The third kappa shape index (κ3) is 3.16. The molecular weight excluding hydrogens is 499 g/mol. The van der Waals surface area contributed by atoms with E-state index in [0.29, 0.717) is 23.5 Å². The van der Waals surface area contributed by atoms with E-state index in [-0.39, 0.29) is 21.1 Å². The van der Waals surface area contributed by atoms with Gasteiger partial charge in [-0.25, -0.2) is 20.0 Å². The molecule has 0 aliphatic carbocycles. The molecule has 0 radical (unpaired) electrons. The second-order valence-electron chi connectivity index (χ2n) is 5.30. The Kier molecular flexibility index (Phi) is 3.81. The molecule has 5 aliphatic rings. The molecule has 8 nitrogen and oxygen atoms in total. The van der Waals surface area contributed by atoms with Crippen LogP contribution in [0.5, 0.6) is 0 Å². The van der Waals surface area contributed by atoms with Gasteiger partial charge in [-0.3, -0.25) is 10.9 Å².